The lowest BCUT2D eigenvalue weighted by atomic mass is 10.2. The third-order valence-corrected chi connectivity index (χ3v) is 3.88. The molecule has 0 bridgehead atoms. The maximum Gasteiger partial charge on any atom is 0.162 e. The number of nitrogens with zero attached hydrogens (tertiary/aromatic N) is 3. The highest BCUT2D eigenvalue weighted by atomic mass is 16.5. The average molecular weight is 333 g/mol. The predicted molar refractivity (Wildman–Crippen MR) is 95.1 cm³/mol. The van der Waals surface area contributed by atoms with Crippen LogP contribution in [0.1, 0.15) is 22.5 Å². The Balaban J connectivity index is 1.72. The van der Waals surface area contributed by atoms with Crippen molar-refractivity contribution in [2.24, 2.45) is 0 Å². The van der Waals surface area contributed by atoms with Gasteiger partial charge in [0.25, 0.3) is 0 Å². The molecule has 3 aromatic rings. The minimum absolute atomic E-state index is 0.416. The second kappa shape index (κ2) is 7.10. The maximum atomic E-state index is 8.94. The number of hydrogen-bond donors (Lipinski definition) is 0. The van der Waals surface area contributed by atoms with Gasteiger partial charge in [-0.05, 0) is 49.7 Å². The van der Waals surface area contributed by atoms with E-state index in [4.69, 9.17) is 14.7 Å². The van der Waals surface area contributed by atoms with Gasteiger partial charge in [0, 0.05) is 11.8 Å². The van der Waals surface area contributed by atoms with Gasteiger partial charge in [0.05, 0.1) is 30.1 Å². The van der Waals surface area contributed by atoms with Crippen molar-refractivity contribution in [1.82, 2.24) is 9.78 Å². The second-order valence-corrected chi connectivity index (χ2v) is 5.77. The molecule has 0 amide bonds. The molecule has 0 saturated heterocycles. The van der Waals surface area contributed by atoms with E-state index in [-0.39, 0.29) is 0 Å². The zero-order valence-corrected chi connectivity index (χ0v) is 14.5. The zero-order valence-electron chi connectivity index (χ0n) is 14.5. The molecular formula is C20H19N3O2. The maximum absolute atomic E-state index is 8.94. The number of nitriles is 1. The number of methoxy groups -OCH3 is 1. The van der Waals surface area contributed by atoms with Crippen LogP contribution in [0.2, 0.25) is 0 Å². The summed E-state index contributed by atoms with van der Waals surface area (Å²) in [6.45, 7) is 4.44. The third kappa shape index (κ3) is 3.64. The van der Waals surface area contributed by atoms with Crippen LogP contribution in [0.25, 0.3) is 5.69 Å². The molecule has 0 spiro atoms. The molecule has 0 unspecified atom stereocenters. The summed E-state index contributed by atoms with van der Waals surface area (Å²) in [6.07, 6.45) is 0. The van der Waals surface area contributed by atoms with Crippen molar-refractivity contribution in [3.8, 4) is 23.3 Å². The number of hydrogen-bond acceptors (Lipinski definition) is 4. The molecule has 5 heteroatoms. The molecule has 2 aromatic carbocycles. The summed E-state index contributed by atoms with van der Waals surface area (Å²) in [7, 11) is 1.56. The Bertz CT molecular complexity index is 921. The fraction of sp³-hybridized carbons (Fsp3) is 0.200. The summed E-state index contributed by atoms with van der Waals surface area (Å²) < 4.78 is 13.0. The Labute approximate surface area is 147 Å². The summed E-state index contributed by atoms with van der Waals surface area (Å²) in [4.78, 5) is 0. The van der Waals surface area contributed by atoms with Gasteiger partial charge in [0.1, 0.15) is 6.61 Å². The van der Waals surface area contributed by atoms with Crippen molar-refractivity contribution in [2.45, 2.75) is 20.5 Å². The molecule has 0 aliphatic carbocycles. The largest absolute Gasteiger partial charge is 0.493 e. The Morgan fingerprint density at radius 3 is 2.40 bits per heavy atom. The van der Waals surface area contributed by atoms with E-state index in [0.717, 1.165) is 22.6 Å². The Kier molecular flexibility index (Phi) is 4.71. The van der Waals surface area contributed by atoms with Gasteiger partial charge >= 0.3 is 0 Å². The van der Waals surface area contributed by atoms with Crippen LogP contribution in [0.3, 0.4) is 0 Å². The lowest BCUT2D eigenvalue weighted by molar-refractivity contribution is 0.284. The van der Waals surface area contributed by atoms with Crippen LogP contribution in [0.4, 0.5) is 0 Å². The van der Waals surface area contributed by atoms with Crippen molar-refractivity contribution in [2.75, 3.05) is 7.11 Å². The quantitative estimate of drug-likeness (QED) is 0.709. The number of ether oxygens (including phenoxy) is 2. The molecule has 5 nitrogen and oxygen atoms in total. The van der Waals surface area contributed by atoms with E-state index in [0.29, 0.717) is 23.7 Å². The first-order valence-corrected chi connectivity index (χ1v) is 7.94. The van der Waals surface area contributed by atoms with Gasteiger partial charge in [0.15, 0.2) is 11.5 Å². The van der Waals surface area contributed by atoms with Crippen LogP contribution in [0, 0.1) is 25.2 Å². The van der Waals surface area contributed by atoms with Gasteiger partial charge < -0.3 is 9.47 Å². The monoisotopic (exact) mass is 333 g/mol. The highest BCUT2D eigenvalue weighted by molar-refractivity contribution is 5.47. The molecule has 0 radical (unpaired) electrons. The first-order chi connectivity index (χ1) is 12.1. The Morgan fingerprint density at radius 2 is 1.80 bits per heavy atom. The molecule has 0 atom stereocenters. The lowest BCUT2D eigenvalue weighted by Crippen LogP contribution is -2.01. The van der Waals surface area contributed by atoms with E-state index in [1.54, 1.807) is 25.3 Å². The molecule has 1 heterocycles. The van der Waals surface area contributed by atoms with E-state index in [1.807, 2.05) is 48.9 Å². The predicted octanol–water partition coefficient (Wildman–Crippen LogP) is 3.95. The average Bonchev–Trinajstić information content (AvgIpc) is 2.98. The summed E-state index contributed by atoms with van der Waals surface area (Å²) in [5.74, 6) is 1.17. The van der Waals surface area contributed by atoms with Crippen LogP contribution in [0.15, 0.2) is 48.5 Å². The van der Waals surface area contributed by atoms with Gasteiger partial charge in [-0.1, -0.05) is 12.1 Å². The van der Waals surface area contributed by atoms with E-state index in [9.17, 15) is 0 Å². The minimum Gasteiger partial charge on any atom is -0.493 e. The molecular weight excluding hydrogens is 314 g/mol. The standard InChI is InChI=1S/C20H19N3O2/c1-14-10-15(2)23(22-14)18-7-4-16(5-8-18)13-25-19-9-6-17(12-21)11-20(19)24-3/h4-11H,13H2,1-3H3. The van der Waals surface area contributed by atoms with Gasteiger partial charge in [0.2, 0.25) is 0 Å². The van der Waals surface area contributed by atoms with Crippen LogP contribution < -0.4 is 9.47 Å². The highest BCUT2D eigenvalue weighted by Crippen LogP contribution is 2.28. The van der Waals surface area contributed by atoms with Crippen LogP contribution in [-0.2, 0) is 6.61 Å². The fourth-order valence-corrected chi connectivity index (χ4v) is 2.64. The third-order valence-electron chi connectivity index (χ3n) is 3.88. The van der Waals surface area contributed by atoms with E-state index in [1.165, 1.54) is 0 Å². The van der Waals surface area contributed by atoms with Crippen LogP contribution >= 0.6 is 0 Å². The minimum atomic E-state index is 0.416. The van der Waals surface area contributed by atoms with Crippen molar-refractivity contribution in [3.63, 3.8) is 0 Å². The smallest absolute Gasteiger partial charge is 0.162 e. The molecule has 1 aromatic heterocycles. The molecule has 3 rings (SSSR count). The van der Waals surface area contributed by atoms with Gasteiger partial charge in [-0.15, -0.1) is 0 Å². The summed E-state index contributed by atoms with van der Waals surface area (Å²) in [5.41, 5.74) is 4.70. The summed E-state index contributed by atoms with van der Waals surface area (Å²) in [5, 5.41) is 13.4. The fourth-order valence-electron chi connectivity index (χ4n) is 2.64. The molecule has 0 fully saturated rings. The number of aryl methyl sites for hydroxylation is 2. The molecule has 0 saturated carbocycles. The van der Waals surface area contributed by atoms with Crippen LogP contribution in [0.5, 0.6) is 11.5 Å². The number of rotatable bonds is 5. The number of aromatic nitrogens is 2. The molecule has 0 N–H and O–H groups in total. The Morgan fingerprint density at radius 1 is 1.04 bits per heavy atom. The van der Waals surface area contributed by atoms with Crippen molar-refractivity contribution >= 4 is 0 Å². The van der Waals surface area contributed by atoms with E-state index < -0.39 is 0 Å². The highest BCUT2D eigenvalue weighted by Gasteiger charge is 2.07. The van der Waals surface area contributed by atoms with Gasteiger partial charge in [-0.25, -0.2) is 4.68 Å². The molecule has 126 valence electrons. The lowest BCUT2D eigenvalue weighted by Gasteiger charge is -2.11. The van der Waals surface area contributed by atoms with Crippen molar-refractivity contribution < 1.29 is 9.47 Å². The van der Waals surface area contributed by atoms with Crippen molar-refractivity contribution in [3.05, 3.63) is 71.0 Å². The second-order valence-electron chi connectivity index (χ2n) is 5.77. The first kappa shape index (κ1) is 16.6. The molecule has 0 aliphatic heterocycles. The van der Waals surface area contributed by atoms with E-state index >= 15 is 0 Å². The van der Waals surface area contributed by atoms with E-state index in [2.05, 4.69) is 11.2 Å². The number of benzene rings is 2. The van der Waals surface area contributed by atoms with Crippen LogP contribution in [-0.4, -0.2) is 16.9 Å². The van der Waals surface area contributed by atoms with Gasteiger partial charge in [-0.2, -0.15) is 10.4 Å². The zero-order chi connectivity index (χ0) is 17.8. The van der Waals surface area contributed by atoms with Crippen molar-refractivity contribution in [1.29, 1.82) is 5.26 Å². The summed E-state index contributed by atoms with van der Waals surface area (Å²) >= 11 is 0. The topological polar surface area (TPSA) is 60.1 Å². The SMILES string of the molecule is COc1cc(C#N)ccc1OCc1ccc(-n2nc(C)cc2C)cc1. The van der Waals surface area contributed by atoms with Gasteiger partial charge in [-0.3, -0.25) is 0 Å². The normalized spacial score (nSPS) is 10.3. The molecule has 0 aliphatic rings. The molecule has 25 heavy (non-hydrogen) atoms. The summed E-state index contributed by atoms with van der Waals surface area (Å²) in [6, 6.07) is 17.3. The Hall–Kier alpha value is -3.26. The first-order valence-electron chi connectivity index (χ1n) is 7.94.